The number of carbonyl (C=O) groups excluding carboxylic acids is 1. The summed E-state index contributed by atoms with van der Waals surface area (Å²) < 4.78 is 36.8. The molecule has 1 fully saturated rings. The lowest BCUT2D eigenvalue weighted by atomic mass is 9.94. The van der Waals surface area contributed by atoms with Crippen LogP contribution in [0.1, 0.15) is 30.1 Å². The number of rotatable bonds is 3. The summed E-state index contributed by atoms with van der Waals surface area (Å²) in [7, 11) is 0. The van der Waals surface area contributed by atoms with E-state index in [0.29, 0.717) is 19.4 Å². The van der Waals surface area contributed by atoms with Gasteiger partial charge in [0.15, 0.2) is 0 Å². The van der Waals surface area contributed by atoms with Crippen LogP contribution in [0.3, 0.4) is 0 Å². The maximum atomic E-state index is 12.3. The highest BCUT2D eigenvalue weighted by Crippen LogP contribution is 2.36. The highest BCUT2D eigenvalue weighted by atomic mass is 19.4. The van der Waals surface area contributed by atoms with Gasteiger partial charge in [0.2, 0.25) is 5.91 Å². The molecule has 0 aromatic heterocycles. The molecule has 2 aliphatic rings. The van der Waals surface area contributed by atoms with Gasteiger partial charge in [-0.25, -0.2) is 0 Å². The van der Waals surface area contributed by atoms with E-state index in [1.54, 1.807) is 0 Å². The van der Waals surface area contributed by atoms with Crippen LogP contribution in [0.2, 0.25) is 0 Å². The minimum absolute atomic E-state index is 0.111. The van der Waals surface area contributed by atoms with Crippen LogP contribution < -0.4 is 5.32 Å². The summed E-state index contributed by atoms with van der Waals surface area (Å²) in [5.74, 6) is -1.01. The third-order valence-electron chi connectivity index (χ3n) is 4.92. The Hall–Kier alpha value is -1.60. The Morgan fingerprint density at radius 3 is 2.79 bits per heavy atom. The standard InChI is InChI=1S/C17H21F3N2O2/c18-17(19,20)10-21-16(24)12-5-3-7-22(9-12)14-8-11-4-1-2-6-13(11)15(14)23/h1-2,4,6,12,14-15,23H,3,5,7-10H2,(H,21,24)/t12-,14+,15-/m1/s1. The lowest BCUT2D eigenvalue weighted by molar-refractivity contribution is -0.142. The average Bonchev–Trinajstić information content (AvgIpc) is 2.89. The van der Waals surface area contributed by atoms with Crippen LogP contribution in [0.15, 0.2) is 24.3 Å². The number of fused-ring (bicyclic) bond motifs is 1. The molecule has 0 spiro atoms. The van der Waals surface area contributed by atoms with E-state index in [1.165, 1.54) is 0 Å². The molecule has 0 bridgehead atoms. The Morgan fingerprint density at radius 1 is 1.33 bits per heavy atom. The molecular weight excluding hydrogens is 321 g/mol. The molecule has 4 nitrogen and oxygen atoms in total. The second-order valence-corrected chi connectivity index (χ2v) is 6.58. The molecule has 3 rings (SSSR count). The van der Waals surface area contributed by atoms with Crippen molar-refractivity contribution in [2.45, 2.75) is 37.6 Å². The Bertz CT molecular complexity index is 606. The van der Waals surface area contributed by atoms with Crippen molar-refractivity contribution in [3.05, 3.63) is 35.4 Å². The first kappa shape index (κ1) is 17.2. The third-order valence-corrected chi connectivity index (χ3v) is 4.92. The molecule has 1 amide bonds. The number of likely N-dealkylation sites (tertiary alicyclic amines) is 1. The molecule has 1 heterocycles. The zero-order valence-corrected chi connectivity index (χ0v) is 13.2. The Morgan fingerprint density at radius 2 is 2.08 bits per heavy atom. The smallest absolute Gasteiger partial charge is 0.387 e. The number of benzene rings is 1. The maximum Gasteiger partial charge on any atom is 0.405 e. The van der Waals surface area contributed by atoms with Gasteiger partial charge in [0, 0.05) is 12.6 Å². The molecule has 1 saturated heterocycles. The van der Waals surface area contributed by atoms with E-state index in [0.717, 1.165) is 24.1 Å². The fourth-order valence-corrected chi connectivity index (χ4v) is 3.73. The summed E-state index contributed by atoms with van der Waals surface area (Å²) in [6.45, 7) is -0.155. The van der Waals surface area contributed by atoms with Gasteiger partial charge in [-0.2, -0.15) is 13.2 Å². The highest BCUT2D eigenvalue weighted by molar-refractivity contribution is 5.79. The van der Waals surface area contributed by atoms with Crippen molar-refractivity contribution in [3.8, 4) is 0 Å². The van der Waals surface area contributed by atoms with Crippen LogP contribution in [0.5, 0.6) is 0 Å². The maximum absolute atomic E-state index is 12.3. The molecule has 0 saturated carbocycles. The number of hydrogen-bond donors (Lipinski definition) is 2. The predicted molar refractivity (Wildman–Crippen MR) is 82.3 cm³/mol. The van der Waals surface area contributed by atoms with Crippen molar-refractivity contribution in [3.63, 3.8) is 0 Å². The van der Waals surface area contributed by atoms with Crippen LogP contribution in [-0.2, 0) is 11.2 Å². The molecule has 24 heavy (non-hydrogen) atoms. The summed E-state index contributed by atoms with van der Waals surface area (Å²) in [6.07, 6.45) is -2.99. The molecule has 0 radical (unpaired) electrons. The number of halogens is 3. The molecule has 1 aromatic rings. The summed E-state index contributed by atoms with van der Waals surface area (Å²) in [5.41, 5.74) is 2.00. The lowest BCUT2D eigenvalue weighted by Gasteiger charge is -2.37. The second kappa shape index (κ2) is 6.72. The number of nitrogens with zero attached hydrogens (tertiary/aromatic N) is 1. The van der Waals surface area contributed by atoms with E-state index in [-0.39, 0.29) is 6.04 Å². The molecule has 132 valence electrons. The fourth-order valence-electron chi connectivity index (χ4n) is 3.73. The number of amides is 1. The molecule has 0 unspecified atom stereocenters. The molecule has 2 N–H and O–H groups in total. The van der Waals surface area contributed by atoms with Crippen LogP contribution in [0, 0.1) is 5.92 Å². The first-order valence-corrected chi connectivity index (χ1v) is 8.19. The van der Waals surface area contributed by atoms with Crippen molar-refractivity contribution >= 4 is 5.91 Å². The molecule has 1 aliphatic heterocycles. The number of nitrogens with one attached hydrogen (secondary N) is 1. The number of alkyl halides is 3. The van der Waals surface area contributed by atoms with Gasteiger partial charge in [0.05, 0.1) is 12.0 Å². The van der Waals surface area contributed by atoms with Gasteiger partial charge in [-0.15, -0.1) is 0 Å². The summed E-state index contributed by atoms with van der Waals surface area (Å²) in [4.78, 5) is 14.1. The fraction of sp³-hybridized carbons (Fsp3) is 0.588. The van der Waals surface area contributed by atoms with Crippen molar-refractivity contribution < 1.29 is 23.1 Å². The Kier molecular flexibility index (Phi) is 4.83. The minimum Gasteiger partial charge on any atom is -0.387 e. The van der Waals surface area contributed by atoms with Gasteiger partial charge in [-0.05, 0) is 36.9 Å². The zero-order valence-electron chi connectivity index (χ0n) is 13.2. The Labute approximate surface area is 138 Å². The van der Waals surface area contributed by atoms with Crippen molar-refractivity contribution in [1.82, 2.24) is 10.2 Å². The van der Waals surface area contributed by atoms with E-state index < -0.39 is 30.7 Å². The van der Waals surface area contributed by atoms with Crippen molar-refractivity contribution in [1.29, 1.82) is 0 Å². The number of aliphatic hydroxyl groups is 1. The number of piperidine rings is 1. The summed E-state index contributed by atoms with van der Waals surface area (Å²) in [6, 6.07) is 7.58. The first-order valence-electron chi connectivity index (χ1n) is 8.19. The number of hydrogen-bond acceptors (Lipinski definition) is 3. The molecular formula is C17H21F3N2O2. The topological polar surface area (TPSA) is 52.6 Å². The third kappa shape index (κ3) is 3.72. The van der Waals surface area contributed by atoms with Crippen LogP contribution >= 0.6 is 0 Å². The minimum atomic E-state index is -4.40. The van der Waals surface area contributed by atoms with E-state index >= 15 is 0 Å². The summed E-state index contributed by atoms with van der Waals surface area (Å²) >= 11 is 0. The molecule has 1 aliphatic carbocycles. The van der Waals surface area contributed by atoms with Gasteiger partial charge in [-0.3, -0.25) is 9.69 Å². The van der Waals surface area contributed by atoms with Crippen LogP contribution in [0.4, 0.5) is 13.2 Å². The molecule has 3 atom stereocenters. The molecule has 1 aromatic carbocycles. The van der Waals surface area contributed by atoms with Crippen LogP contribution in [0.25, 0.3) is 0 Å². The number of aliphatic hydroxyl groups excluding tert-OH is 1. The SMILES string of the molecule is O=C(NCC(F)(F)F)[C@@H]1CCCN([C@H]2Cc3ccccc3[C@H]2O)C1. The van der Waals surface area contributed by atoms with E-state index in [1.807, 2.05) is 34.5 Å². The quantitative estimate of drug-likeness (QED) is 0.884. The highest BCUT2D eigenvalue weighted by Gasteiger charge is 2.38. The molecule has 7 heteroatoms. The van der Waals surface area contributed by atoms with E-state index in [9.17, 15) is 23.1 Å². The predicted octanol–water partition coefficient (Wildman–Crippen LogP) is 2.04. The van der Waals surface area contributed by atoms with Gasteiger partial charge in [0.25, 0.3) is 0 Å². The first-order chi connectivity index (χ1) is 11.3. The lowest BCUT2D eigenvalue weighted by Crippen LogP contribution is -2.49. The van der Waals surface area contributed by atoms with Gasteiger partial charge >= 0.3 is 6.18 Å². The second-order valence-electron chi connectivity index (χ2n) is 6.58. The monoisotopic (exact) mass is 342 g/mol. The van der Waals surface area contributed by atoms with Gasteiger partial charge < -0.3 is 10.4 Å². The zero-order chi connectivity index (χ0) is 17.3. The van der Waals surface area contributed by atoms with E-state index in [2.05, 4.69) is 0 Å². The van der Waals surface area contributed by atoms with E-state index in [4.69, 9.17) is 0 Å². The largest absolute Gasteiger partial charge is 0.405 e. The van der Waals surface area contributed by atoms with Crippen LogP contribution in [-0.4, -0.2) is 47.8 Å². The number of carbonyl (C=O) groups is 1. The normalized spacial score (nSPS) is 27.8. The van der Waals surface area contributed by atoms with Crippen molar-refractivity contribution in [2.24, 2.45) is 5.92 Å². The average molecular weight is 342 g/mol. The van der Waals surface area contributed by atoms with Gasteiger partial charge in [0.1, 0.15) is 6.54 Å². The summed E-state index contributed by atoms with van der Waals surface area (Å²) in [5, 5.41) is 12.5. The Balaban J connectivity index is 1.61. The van der Waals surface area contributed by atoms with Crippen molar-refractivity contribution in [2.75, 3.05) is 19.6 Å². The van der Waals surface area contributed by atoms with Gasteiger partial charge in [-0.1, -0.05) is 24.3 Å².